The highest BCUT2D eigenvalue weighted by Gasteiger charge is 2.43. The Morgan fingerprint density at radius 1 is 0.840 bits per heavy atom. The summed E-state index contributed by atoms with van der Waals surface area (Å²) in [5.41, 5.74) is 3.92. The Kier molecular flexibility index (Phi) is 3.57. The van der Waals surface area contributed by atoms with E-state index in [0.29, 0.717) is 5.56 Å². The molecule has 0 saturated carbocycles. The van der Waals surface area contributed by atoms with E-state index in [-0.39, 0.29) is 5.91 Å². The van der Waals surface area contributed by atoms with Crippen LogP contribution >= 0.6 is 0 Å². The van der Waals surface area contributed by atoms with E-state index in [2.05, 4.69) is 24.4 Å². The predicted molar refractivity (Wildman–Crippen MR) is 102 cm³/mol. The standard InChI is InChI=1S/C22H20N2O/c1-16-10-6-9-15-20(16)24-21(25)18-13-7-8-14-19(18)23-22(24,2)17-11-4-3-5-12-17/h3-15,23H,1-2H3. The molecule has 4 rings (SSSR count). The van der Waals surface area contributed by atoms with E-state index < -0.39 is 5.66 Å². The number of nitrogens with zero attached hydrogens (tertiary/aromatic N) is 1. The molecule has 0 aromatic heterocycles. The van der Waals surface area contributed by atoms with Crippen LogP contribution in [0.5, 0.6) is 0 Å². The van der Waals surface area contributed by atoms with Gasteiger partial charge >= 0.3 is 0 Å². The third kappa shape index (κ3) is 2.40. The zero-order valence-electron chi connectivity index (χ0n) is 14.4. The van der Waals surface area contributed by atoms with E-state index in [9.17, 15) is 4.79 Å². The Bertz CT molecular complexity index is 936. The fourth-order valence-electron chi connectivity index (χ4n) is 3.55. The number of carbonyl (C=O) groups excluding carboxylic acids is 1. The highest BCUT2D eigenvalue weighted by atomic mass is 16.2. The number of fused-ring (bicyclic) bond motifs is 1. The molecule has 25 heavy (non-hydrogen) atoms. The first kappa shape index (κ1) is 15.5. The van der Waals surface area contributed by atoms with E-state index >= 15 is 0 Å². The van der Waals surface area contributed by atoms with Crippen LogP contribution in [-0.4, -0.2) is 5.91 Å². The van der Waals surface area contributed by atoms with Crippen molar-refractivity contribution in [1.29, 1.82) is 0 Å². The molecule has 1 aliphatic rings. The molecule has 124 valence electrons. The minimum Gasteiger partial charge on any atom is -0.358 e. The molecule has 1 aliphatic heterocycles. The van der Waals surface area contributed by atoms with Gasteiger partial charge < -0.3 is 5.32 Å². The van der Waals surface area contributed by atoms with Crippen LogP contribution in [0.4, 0.5) is 11.4 Å². The summed E-state index contributed by atoms with van der Waals surface area (Å²) in [6.07, 6.45) is 0. The number of benzene rings is 3. The molecule has 3 heteroatoms. The number of aryl methyl sites for hydroxylation is 1. The van der Waals surface area contributed by atoms with Crippen LogP contribution in [0.25, 0.3) is 0 Å². The van der Waals surface area contributed by atoms with Gasteiger partial charge in [0.05, 0.1) is 5.56 Å². The second-order valence-electron chi connectivity index (χ2n) is 6.54. The molecular formula is C22H20N2O. The van der Waals surface area contributed by atoms with Crippen molar-refractivity contribution in [3.63, 3.8) is 0 Å². The number of nitrogens with one attached hydrogen (secondary N) is 1. The van der Waals surface area contributed by atoms with Gasteiger partial charge in [-0.25, -0.2) is 0 Å². The first-order chi connectivity index (χ1) is 12.1. The molecule has 0 aliphatic carbocycles. The lowest BCUT2D eigenvalue weighted by molar-refractivity contribution is 0.0956. The minimum atomic E-state index is -0.668. The summed E-state index contributed by atoms with van der Waals surface area (Å²) in [7, 11) is 0. The Morgan fingerprint density at radius 3 is 2.24 bits per heavy atom. The molecule has 1 amide bonds. The lowest BCUT2D eigenvalue weighted by Crippen LogP contribution is -2.56. The van der Waals surface area contributed by atoms with Gasteiger partial charge in [-0.2, -0.15) is 0 Å². The molecule has 0 radical (unpaired) electrons. The van der Waals surface area contributed by atoms with Crippen LogP contribution in [0.1, 0.15) is 28.4 Å². The van der Waals surface area contributed by atoms with Crippen molar-refractivity contribution in [2.24, 2.45) is 0 Å². The van der Waals surface area contributed by atoms with Crippen molar-refractivity contribution in [1.82, 2.24) is 0 Å². The number of para-hydroxylation sites is 2. The van der Waals surface area contributed by atoms with Crippen molar-refractivity contribution in [3.8, 4) is 0 Å². The molecule has 1 atom stereocenters. The van der Waals surface area contributed by atoms with Crippen LogP contribution in [0, 0.1) is 6.92 Å². The topological polar surface area (TPSA) is 32.3 Å². The number of rotatable bonds is 2. The lowest BCUT2D eigenvalue weighted by atomic mass is 9.92. The fraction of sp³-hybridized carbons (Fsp3) is 0.136. The summed E-state index contributed by atoms with van der Waals surface area (Å²) in [4.78, 5) is 15.3. The summed E-state index contributed by atoms with van der Waals surface area (Å²) >= 11 is 0. The summed E-state index contributed by atoms with van der Waals surface area (Å²) in [6, 6.07) is 25.8. The number of carbonyl (C=O) groups is 1. The molecule has 0 spiro atoms. The lowest BCUT2D eigenvalue weighted by Gasteiger charge is -2.47. The van der Waals surface area contributed by atoms with Crippen LogP contribution in [0.15, 0.2) is 78.9 Å². The van der Waals surface area contributed by atoms with Crippen LogP contribution < -0.4 is 10.2 Å². The Morgan fingerprint density at radius 2 is 1.48 bits per heavy atom. The molecule has 0 fully saturated rings. The maximum Gasteiger partial charge on any atom is 0.262 e. The third-order valence-corrected chi connectivity index (χ3v) is 4.88. The van der Waals surface area contributed by atoms with E-state index in [1.54, 1.807) is 0 Å². The van der Waals surface area contributed by atoms with Gasteiger partial charge in [0, 0.05) is 11.4 Å². The van der Waals surface area contributed by atoms with Crippen molar-refractivity contribution >= 4 is 17.3 Å². The first-order valence-corrected chi connectivity index (χ1v) is 8.44. The Labute approximate surface area is 147 Å². The van der Waals surface area contributed by atoms with Gasteiger partial charge in [0.15, 0.2) is 0 Å². The van der Waals surface area contributed by atoms with Gasteiger partial charge in [0.2, 0.25) is 0 Å². The van der Waals surface area contributed by atoms with Crippen LogP contribution in [0.2, 0.25) is 0 Å². The summed E-state index contributed by atoms with van der Waals surface area (Å²) in [6.45, 7) is 4.09. The SMILES string of the molecule is Cc1ccccc1N1C(=O)c2ccccc2NC1(C)c1ccccc1. The van der Waals surface area contributed by atoms with Crippen molar-refractivity contribution in [2.75, 3.05) is 10.2 Å². The van der Waals surface area contributed by atoms with Gasteiger partial charge in [0.1, 0.15) is 5.66 Å². The van der Waals surface area contributed by atoms with E-state index in [4.69, 9.17) is 0 Å². The molecular weight excluding hydrogens is 308 g/mol. The van der Waals surface area contributed by atoms with Crippen molar-refractivity contribution in [2.45, 2.75) is 19.5 Å². The molecule has 3 aromatic carbocycles. The number of hydrogen-bond donors (Lipinski definition) is 1. The summed E-state index contributed by atoms with van der Waals surface area (Å²) in [5, 5.41) is 3.60. The van der Waals surface area contributed by atoms with Gasteiger partial charge in [0.25, 0.3) is 5.91 Å². The molecule has 1 unspecified atom stereocenters. The number of hydrogen-bond acceptors (Lipinski definition) is 2. The maximum absolute atomic E-state index is 13.4. The van der Waals surface area contributed by atoms with Gasteiger partial charge in [-0.1, -0.05) is 60.7 Å². The highest BCUT2D eigenvalue weighted by molar-refractivity contribution is 6.13. The molecule has 0 saturated heterocycles. The normalized spacial score (nSPS) is 19.3. The third-order valence-electron chi connectivity index (χ3n) is 4.88. The minimum absolute atomic E-state index is 0.00926. The summed E-state index contributed by atoms with van der Waals surface area (Å²) in [5.74, 6) is 0.00926. The molecule has 0 bridgehead atoms. The molecule has 1 N–H and O–H groups in total. The quantitative estimate of drug-likeness (QED) is 0.722. The zero-order chi connectivity index (χ0) is 17.4. The van der Waals surface area contributed by atoms with E-state index in [1.165, 1.54) is 0 Å². The predicted octanol–water partition coefficient (Wildman–Crippen LogP) is 4.94. The average Bonchev–Trinajstić information content (AvgIpc) is 2.64. The fourth-order valence-corrected chi connectivity index (χ4v) is 3.55. The number of amides is 1. The Balaban J connectivity index is 1.97. The average molecular weight is 328 g/mol. The van der Waals surface area contributed by atoms with Gasteiger partial charge in [-0.15, -0.1) is 0 Å². The monoisotopic (exact) mass is 328 g/mol. The smallest absolute Gasteiger partial charge is 0.262 e. The maximum atomic E-state index is 13.4. The number of anilines is 2. The molecule has 3 aromatic rings. The van der Waals surface area contributed by atoms with E-state index in [0.717, 1.165) is 22.5 Å². The second kappa shape index (κ2) is 5.78. The second-order valence-corrected chi connectivity index (χ2v) is 6.54. The van der Waals surface area contributed by atoms with Crippen LogP contribution in [-0.2, 0) is 5.66 Å². The highest BCUT2D eigenvalue weighted by Crippen LogP contribution is 2.41. The molecule has 1 heterocycles. The molecule has 3 nitrogen and oxygen atoms in total. The van der Waals surface area contributed by atoms with Gasteiger partial charge in [-0.3, -0.25) is 9.69 Å². The Hall–Kier alpha value is -3.07. The van der Waals surface area contributed by atoms with Gasteiger partial charge in [-0.05, 0) is 43.2 Å². The largest absolute Gasteiger partial charge is 0.358 e. The van der Waals surface area contributed by atoms with Crippen molar-refractivity contribution in [3.05, 3.63) is 95.6 Å². The van der Waals surface area contributed by atoms with Crippen molar-refractivity contribution < 1.29 is 4.79 Å². The first-order valence-electron chi connectivity index (χ1n) is 8.44. The summed E-state index contributed by atoms with van der Waals surface area (Å²) < 4.78 is 0. The van der Waals surface area contributed by atoms with E-state index in [1.807, 2.05) is 78.6 Å². The zero-order valence-corrected chi connectivity index (χ0v) is 14.4. The van der Waals surface area contributed by atoms with Crippen LogP contribution in [0.3, 0.4) is 0 Å².